The minimum absolute atomic E-state index is 0.290. The van der Waals surface area contributed by atoms with E-state index in [2.05, 4.69) is 4.98 Å². The van der Waals surface area contributed by atoms with Gasteiger partial charge < -0.3 is 4.42 Å². The van der Waals surface area contributed by atoms with Crippen molar-refractivity contribution in [2.24, 2.45) is 0 Å². The van der Waals surface area contributed by atoms with Gasteiger partial charge in [0.05, 0.1) is 0 Å². The molecule has 0 amide bonds. The van der Waals surface area contributed by atoms with Crippen molar-refractivity contribution < 1.29 is 8.81 Å². The van der Waals surface area contributed by atoms with Crippen LogP contribution in [0.5, 0.6) is 0 Å². The molecule has 12 heavy (non-hydrogen) atoms. The van der Waals surface area contributed by atoms with Gasteiger partial charge in [-0.15, -0.1) is 0 Å². The Hall–Kier alpha value is -1.38. The summed E-state index contributed by atoms with van der Waals surface area (Å²) in [6.45, 7) is 1.95. The fourth-order valence-electron chi connectivity index (χ4n) is 1.10. The number of benzene rings is 1. The van der Waals surface area contributed by atoms with Crippen LogP contribution in [0.15, 0.2) is 22.6 Å². The molecule has 62 valence electrons. The standard InChI is InChI=1S/C9H8FNO/c1-2-9-11-7-4-3-6(10)5-8(7)12-9/h3-5H,2H2,1H3. The third kappa shape index (κ3) is 1.07. The van der Waals surface area contributed by atoms with Gasteiger partial charge in [0, 0.05) is 12.5 Å². The number of aryl methyl sites for hydroxylation is 1. The van der Waals surface area contributed by atoms with Crippen LogP contribution in [0.2, 0.25) is 0 Å². The van der Waals surface area contributed by atoms with Gasteiger partial charge in [-0.05, 0) is 12.1 Å². The fourth-order valence-corrected chi connectivity index (χ4v) is 1.10. The molecule has 0 fully saturated rings. The van der Waals surface area contributed by atoms with Crippen LogP contribution in [0.25, 0.3) is 11.1 Å². The van der Waals surface area contributed by atoms with E-state index in [-0.39, 0.29) is 5.82 Å². The molecule has 0 aliphatic heterocycles. The minimum atomic E-state index is -0.290. The lowest BCUT2D eigenvalue weighted by Crippen LogP contribution is -1.75. The van der Waals surface area contributed by atoms with Crippen molar-refractivity contribution in [3.8, 4) is 0 Å². The molecule has 0 N–H and O–H groups in total. The van der Waals surface area contributed by atoms with E-state index in [9.17, 15) is 4.39 Å². The molecule has 0 aliphatic rings. The van der Waals surface area contributed by atoms with Crippen molar-refractivity contribution in [2.75, 3.05) is 0 Å². The predicted molar refractivity (Wildman–Crippen MR) is 43.3 cm³/mol. The molecular formula is C9H8FNO. The summed E-state index contributed by atoms with van der Waals surface area (Å²) in [5, 5.41) is 0. The van der Waals surface area contributed by atoms with Crippen LogP contribution in [-0.4, -0.2) is 4.98 Å². The summed E-state index contributed by atoms with van der Waals surface area (Å²) in [4.78, 5) is 4.14. The second kappa shape index (κ2) is 2.59. The number of halogens is 1. The molecule has 0 bridgehead atoms. The zero-order valence-electron chi connectivity index (χ0n) is 6.67. The summed E-state index contributed by atoms with van der Waals surface area (Å²) in [7, 11) is 0. The topological polar surface area (TPSA) is 26.0 Å². The normalized spacial score (nSPS) is 10.8. The first-order valence-corrected chi connectivity index (χ1v) is 3.84. The summed E-state index contributed by atoms with van der Waals surface area (Å²) < 4.78 is 17.9. The molecule has 0 aliphatic carbocycles. The van der Waals surface area contributed by atoms with Crippen LogP contribution in [0.1, 0.15) is 12.8 Å². The molecule has 1 aromatic heterocycles. The van der Waals surface area contributed by atoms with Crippen LogP contribution in [0.3, 0.4) is 0 Å². The lowest BCUT2D eigenvalue weighted by molar-refractivity contribution is 0.534. The molecule has 0 atom stereocenters. The third-order valence-corrected chi connectivity index (χ3v) is 1.70. The van der Waals surface area contributed by atoms with E-state index in [4.69, 9.17) is 4.42 Å². The Morgan fingerprint density at radius 1 is 1.50 bits per heavy atom. The molecule has 1 heterocycles. The van der Waals surface area contributed by atoms with Gasteiger partial charge in [-0.2, -0.15) is 0 Å². The molecule has 1 aromatic carbocycles. The Morgan fingerprint density at radius 2 is 2.33 bits per heavy atom. The predicted octanol–water partition coefficient (Wildman–Crippen LogP) is 2.53. The van der Waals surface area contributed by atoms with Gasteiger partial charge in [-0.3, -0.25) is 0 Å². The summed E-state index contributed by atoms with van der Waals surface area (Å²) in [5.41, 5.74) is 1.24. The largest absolute Gasteiger partial charge is 0.441 e. The zero-order chi connectivity index (χ0) is 8.55. The third-order valence-electron chi connectivity index (χ3n) is 1.70. The lowest BCUT2D eigenvalue weighted by Gasteiger charge is -1.84. The molecule has 0 saturated carbocycles. The summed E-state index contributed by atoms with van der Waals surface area (Å²) in [6.07, 6.45) is 0.732. The van der Waals surface area contributed by atoms with E-state index in [1.165, 1.54) is 12.1 Å². The number of aromatic nitrogens is 1. The number of nitrogens with zero attached hydrogens (tertiary/aromatic N) is 1. The Morgan fingerprint density at radius 3 is 3.08 bits per heavy atom. The van der Waals surface area contributed by atoms with E-state index in [1.807, 2.05) is 6.92 Å². The zero-order valence-corrected chi connectivity index (χ0v) is 6.67. The second-order valence-electron chi connectivity index (χ2n) is 2.57. The molecule has 2 rings (SSSR count). The van der Waals surface area contributed by atoms with Gasteiger partial charge in [-0.25, -0.2) is 9.37 Å². The average molecular weight is 165 g/mol. The molecule has 0 spiro atoms. The number of oxazole rings is 1. The Kier molecular flexibility index (Phi) is 1.57. The number of hydrogen-bond acceptors (Lipinski definition) is 2. The van der Waals surface area contributed by atoms with E-state index >= 15 is 0 Å². The number of hydrogen-bond donors (Lipinski definition) is 0. The van der Waals surface area contributed by atoms with Gasteiger partial charge in [0.15, 0.2) is 11.5 Å². The van der Waals surface area contributed by atoms with Gasteiger partial charge in [0.1, 0.15) is 11.3 Å². The second-order valence-corrected chi connectivity index (χ2v) is 2.57. The van der Waals surface area contributed by atoms with Gasteiger partial charge in [0.25, 0.3) is 0 Å². The van der Waals surface area contributed by atoms with Crippen molar-refractivity contribution in [1.29, 1.82) is 0 Å². The molecule has 0 unspecified atom stereocenters. The van der Waals surface area contributed by atoms with E-state index in [0.29, 0.717) is 17.0 Å². The SMILES string of the molecule is CCc1nc2ccc(F)cc2o1. The van der Waals surface area contributed by atoms with Crippen LogP contribution in [0.4, 0.5) is 4.39 Å². The van der Waals surface area contributed by atoms with Gasteiger partial charge in [-0.1, -0.05) is 6.92 Å². The van der Waals surface area contributed by atoms with E-state index in [0.717, 1.165) is 6.42 Å². The van der Waals surface area contributed by atoms with Crippen LogP contribution in [0, 0.1) is 5.82 Å². The van der Waals surface area contributed by atoms with Crippen LogP contribution in [-0.2, 0) is 6.42 Å². The smallest absolute Gasteiger partial charge is 0.195 e. The Balaban J connectivity index is 2.67. The van der Waals surface area contributed by atoms with Crippen molar-refractivity contribution in [2.45, 2.75) is 13.3 Å². The molecule has 0 radical (unpaired) electrons. The van der Waals surface area contributed by atoms with Gasteiger partial charge >= 0.3 is 0 Å². The molecule has 2 aromatic rings. The quantitative estimate of drug-likeness (QED) is 0.649. The Labute approximate surface area is 69.0 Å². The maximum Gasteiger partial charge on any atom is 0.195 e. The van der Waals surface area contributed by atoms with Crippen molar-refractivity contribution in [1.82, 2.24) is 4.98 Å². The maximum atomic E-state index is 12.7. The molecular weight excluding hydrogens is 157 g/mol. The van der Waals surface area contributed by atoms with Gasteiger partial charge in [0.2, 0.25) is 0 Å². The van der Waals surface area contributed by atoms with E-state index in [1.54, 1.807) is 6.07 Å². The monoisotopic (exact) mass is 165 g/mol. The van der Waals surface area contributed by atoms with Crippen LogP contribution >= 0.6 is 0 Å². The molecule has 0 saturated heterocycles. The fraction of sp³-hybridized carbons (Fsp3) is 0.222. The Bertz CT molecular complexity index is 408. The highest BCUT2D eigenvalue weighted by Crippen LogP contribution is 2.16. The van der Waals surface area contributed by atoms with E-state index < -0.39 is 0 Å². The number of fused-ring (bicyclic) bond motifs is 1. The minimum Gasteiger partial charge on any atom is -0.441 e. The highest BCUT2D eigenvalue weighted by molar-refractivity contribution is 5.72. The van der Waals surface area contributed by atoms with Crippen molar-refractivity contribution in [3.05, 3.63) is 29.9 Å². The van der Waals surface area contributed by atoms with Crippen molar-refractivity contribution >= 4 is 11.1 Å². The highest BCUT2D eigenvalue weighted by atomic mass is 19.1. The van der Waals surface area contributed by atoms with Crippen molar-refractivity contribution in [3.63, 3.8) is 0 Å². The first kappa shape index (κ1) is 7.28. The summed E-state index contributed by atoms with van der Waals surface area (Å²) in [6, 6.07) is 4.35. The maximum absolute atomic E-state index is 12.7. The number of rotatable bonds is 1. The molecule has 3 heteroatoms. The highest BCUT2D eigenvalue weighted by Gasteiger charge is 2.03. The first-order valence-electron chi connectivity index (χ1n) is 3.84. The molecule has 2 nitrogen and oxygen atoms in total. The average Bonchev–Trinajstić information content (AvgIpc) is 2.46. The summed E-state index contributed by atoms with van der Waals surface area (Å²) in [5.74, 6) is 0.358. The van der Waals surface area contributed by atoms with Crippen LogP contribution < -0.4 is 0 Å². The summed E-state index contributed by atoms with van der Waals surface area (Å²) >= 11 is 0. The first-order chi connectivity index (χ1) is 5.79. The lowest BCUT2D eigenvalue weighted by atomic mass is 10.3.